The van der Waals surface area contributed by atoms with Gasteiger partial charge in [-0.15, -0.1) is 11.3 Å². The van der Waals surface area contributed by atoms with Crippen LogP contribution in [0.3, 0.4) is 0 Å². The zero-order chi connectivity index (χ0) is 9.54. The summed E-state index contributed by atoms with van der Waals surface area (Å²) >= 11 is 1.64. The molecule has 0 saturated carbocycles. The minimum Gasteiger partial charge on any atom is -0.383 e. The second kappa shape index (κ2) is 2.65. The maximum absolute atomic E-state index is 5.82. The van der Waals surface area contributed by atoms with Crippen molar-refractivity contribution in [3.05, 3.63) is 30.6 Å². The Morgan fingerprint density at radius 1 is 1.14 bits per heavy atom. The molecule has 0 aliphatic rings. The fourth-order valence-electron chi connectivity index (χ4n) is 1.58. The molecule has 0 amide bonds. The van der Waals surface area contributed by atoms with Crippen LogP contribution in [0.5, 0.6) is 0 Å². The van der Waals surface area contributed by atoms with Crippen molar-refractivity contribution in [1.82, 2.24) is 9.97 Å². The van der Waals surface area contributed by atoms with E-state index in [1.54, 1.807) is 11.3 Å². The van der Waals surface area contributed by atoms with Gasteiger partial charge in [0.1, 0.15) is 17.0 Å². The van der Waals surface area contributed by atoms with Crippen LogP contribution in [-0.4, -0.2) is 9.97 Å². The van der Waals surface area contributed by atoms with E-state index in [0.717, 1.165) is 15.6 Å². The number of thiophene rings is 1. The molecule has 0 spiro atoms. The zero-order valence-electron chi connectivity index (χ0n) is 7.27. The lowest BCUT2D eigenvalue weighted by Gasteiger charge is -1.93. The molecule has 0 saturated heterocycles. The summed E-state index contributed by atoms with van der Waals surface area (Å²) in [6.45, 7) is 0. The SMILES string of the molecule is Nc1ncnc2sc3ccccc3c12. The summed E-state index contributed by atoms with van der Waals surface area (Å²) in [6, 6.07) is 8.14. The molecule has 68 valence electrons. The number of rotatable bonds is 0. The Morgan fingerprint density at radius 2 is 2.00 bits per heavy atom. The van der Waals surface area contributed by atoms with Crippen LogP contribution in [-0.2, 0) is 0 Å². The van der Waals surface area contributed by atoms with Crippen molar-refractivity contribution in [1.29, 1.82) is 0 Å². The summed E-state index contributed by atoms with van der Waals surface area (Å²) in [5.74, 6) is 0.562. The van der Waals surface area contributed by atoms with E-state index in [-0.39, 0.29) is 0 Å². The zero-order valence-corrected chi connectivity index (χ0v) is 8.08. The van der Waals surface area contributed by atoms with E-state index in [0.29, 0.717) is 5.82 Å². The Morgan fingerprint density at radius 3 is 2.93 bits per heavy atom. The Kier molecular flexibility index (Phi) is 1.46. The number of hydrogen-bond donors (Lipinski definition) is 1. The number of nitrogens with zero attached hydrogens (tertiary/aromatic N) is 2. The molecule has 1 aromatic carbocycles. The fraction of sp³-hybridized carbons (Fsp3) is 0. The van der Waals surface area contributed by atoms with Gasteiger partial charge in [-0.1, -0.05) is 18.2 Å². The van der Waals surface area contributed by atoms with Crippen LogP contribution in [0.15, 0.2) is 30.6 Å². The van der Waals surface area contributed by atoms with Gasteiger partial charge in [0.15, 0.2) is 0 Å². The molecule has 0 aliphatic heterocycles. The topological polar surface area (TPSA) is 51.8 Å². The quantitative estimate of drug-likeness (QED) is 0.607. The van der Waals surface area contributed by atoms with Gasteiger partial charge in [-0.3, -0.25) is 0 Å². The number of nitrogens with two attached hydrogens (primary N) is 1. The number of hydrogen-bond acceptors (Lipinski definition) is 4. The average Bonchev–Trinajstić information content (AvgIpc) is 2.57. The van der Waals surface area contributed by atoms with Gasteiger partial charge in [0.25, 0.3) is 0 Å². The number of anilines is 1. The van der Waals surface area contributed by atoms with E-state index in [1.807, 2.05) is 18.2 Å². The van der Waals surface area contributed by atoms with Gasteiger partial charge in [0.2, 0.25) is 0 Å². The monoisotopic (exact) mass is 201 g/mol. The number of nitrogen functional groups attached to an aromatic ring is 1. The van der Waals surface area contributed by atoms with Crippen LogP contribution in [0.25, 0.3) is 20.3 Å². The molecule has 4 heteroatoms. The van der Waals surface area contributed by atoms with Crippen LogP contribution in [0.1, 0.15) is 0 Å². The standard InChI is InChI=1S/C10H7N3S/c11-9-8-6-3-1-2-4-7(6)14-10(8)13-5-12-9/h1-5H,(H2,11,12,13). The highest BCUT2D eigenvalue weighted by Crippen LogP contribution is 2.34. The van der Waals surface area contributed by atoms with Crippen molar-refractivity contribution in [3.63, 3.8) is 0 Å². The molecule has 2 heterocycles. The Hall–Kier alpha value is -1.68. The molecule has 0 bridgehead atoms. The van der Waals surface area contributed by atoms with Crippen molar-refractivity contribution in [2.24, 2.45) is 0 Å². The number of fused-ring (bicyclic) bond motifs is 3. The number of aromatic nitrogens is 2. The van der Waals surface area contributed by atoms with Crippen molar-refractivity contribution < 1.29 is 0 Å². The first-order valence-corrected chi connectivity index (χ1v) is 5.05. The molecular formula is C10H7N3S. The van der Waals surface area contributed by atoms with Gasteiger partial charge in [-0.25, -0.2) is 9.97 Å². The van der Waals surface area contributed by atoms with Crippen LogP contribution in [0, 0.1) is 0 Å². The predicted octanol–water partition coefficient (Wildman–Crippen LogP) is 2.43. The maximum atomic E-state index is 5.82. The highest BCUT2D eigenvalue weighted by atomic mass is 32.1. The van der Waals surface area contributed by atoms with Crippen LogP contribution >= 0.6 is 11.3 Å². The van der Waals surface area contributed by atoms with E-state index in [1.165, 1.54) is 11.0 Å². The molecular weight excluding hydrogens is 194 g/mol. The van der Waals surface area contributed by atoms with E-state index in [2.05, 4.69) is 16.0 Å². The molecule has 0 aliphatic carbocycles. The van der Waals surface area contributed by atoms with E-state index in [9.17, 15) is 0 Å². The molecule has 2 N–H and O–H groups in total. The lowest BCUT2D eigenvalue weighted by atomic mass is 10.2. The first-order valence-electron chi connectivity index (χ1n) is 4.24. The minimum atomic E-state index is 0.562. The smallest absolute Gasteiger partial charge is 0.136 e. The highest BCUT2D eigenvalue weighted by Gasteiger charge is 2.07. The lowest BCUT2D eigenvalue weighted by Crippen LogP contribution is -1.90. The van der Waals surface area contributed by atoms with E-state index < -0.39 is 0 Å². The molecule has 3 rings (SSSR count). The first-order chi connectivity index (χ1) is 6.86. The molecule has 3 nitrogen and oxygen atoms in total. The maximum Gasteiger partial charge on any atom is 0.136 e. The van der Waals surface area contributed by atoms with Crippen LogP contribution in [0.2, 0.25) is 0 Å². The third-order valence-corrected chi connectivity index (χ3v) is 3.28. The van der Waals surface area contributed by atoms with Crippen molar-refractivity contribution >= 4 is 37.5 Å². The second-order valence-electron chi connectivity index (χ2n) is 3.04. The van der Waals surface area contributed by atoms with Gasteiger partial charge in [0, 0.05) is 10.1 Å². The van der Waals surface area contributed by atoms with Crippen LogP contribution in [0.4, 0.5) is 5.82 Å². The lowest BCUT2D eigenvalue weighted by molar-refractivity contribution is 1.24. The molecule has 3 aromatic rings. The molecule has 14 heavy (non-hydrogen) atoms. The molecule has 2 aromatic heterocycles. The molecule has 0 unspecified atom stereocenters. The normalized spacial score (nSPS) is 11.1. The van der Waals surface area contributed by atoms with Crippen molar-refractivity contribution in [2.75, 3.05) is 5.73 Å². The summed E-state index contributed by atoms with van der Waals surface area (Å²) in [7, 11) is 0. The van der Waals surface area contributed by atoms with Gasteiger partial charge in [0.05, 0.1) is 5.39 Å². The molecule has 0 fully saturated rings. The van der Waals surface area contributed by atoms with Crippen molar-refractivity contribution in [2.45, 2.75) is 0 Å². The summed E-state index contributed by atoms with van der Waals surface area (Å²) in [5.41, 5.74) is 5.82. The average molecular weight is 201 g/mol. The fourth-order valence-corrected chi connectivity index (χ4v) is 2.63. The molecule has 0 radical (unpaired) electrons. The predicted molar refractivity (Wildman–Crippen MR) is 59.3 cm³/mol. The van der Waals surface area contributed by atoms with Gasteiger partial charge in [-0.2, -0.15) is 0 Å². The number of benzene rings is 1. The minimum absolute atomic E-state index is 0.562. The summed E-state index contributed by atoms with van der Waals surface area (Å²) in [6.07, 6.45) is 1.51. The first kappa shape index (κ1) is 7.70. The van der Waals surface area contributed by atoms with Gasteiger partial charge >= 0.3 is 0 Å². The Labute approximate surface area is 84.2 Å². The van der Waals surface area contributed by atoms with Gasteiger partial charge in [-0.05, 0) is 6.07 Å². The van der Waals surface area contributed by atoms with Crippen LogP contribution < -0.4 is 5.73 Å². The molecule has 0 atom stereocenters. The van der Waals surface area contributed by atoms with E-state index in [4.69, 9.17) is 5.73 Å². The van der Waals surface area contributed by atoms with E-state index >= 15 is 0 Å². The Balaban J connectivity index is 2.65. The largest absolute Gasteiger partial charge is 0.383 e. The summed E-state index contributed by atoms with van der Waals surface area (Å²) in [4.78, 5) is 9.17. The Bertz CT molecular complexity index is 615. The summed E-state index contributed by atoms with van der Waals surface area (Å²) < 4.78 is 1.20. The van der Waals surface area contributed by atoms with Crippen molar-refractivity contribution in [3.8, 4) is 0 Å². The third kappa shape index (κ3) is 0.914. The van der Waals surface area contributed by atoms with Gasteiger partial charge < -0.3 is 5.73 Å². The summed E-state index contributed by atoms with van der Waals surface area (Å²) in [5, 5.41) is 2.12. The highest BCUT2D eigenvalue weighted by molar-refractivity contribution is 7.25. The second-order valence-corrected chi connectivity index (χ2v) is 4.07. The third-order valence-electron chi connectivity index (χ3n) is 2.20.